The zero-order valence-electron chi connectivity index (χ0n) is 12.7. The Morgan fingerprint density at radius 2 is 1.77 bits per heavy atom. The first-order valence-electron chi connectivity index (χ1n) is 7.17. The van der Waals surface area contributed by atoms with Crippen LogP contribution in [-0.2, 0) is 11.2 Å². The number of carbonyl (C=O) groups excluding carboxylic acids is 2. The van der Waals surface area contributed by atoms with Crippen LogP contribution in [0.5, 0.6) is 0 Å². The molecule has 0 atom stereocenters. The predicted molar refractivity (Wildman–Crippen MR) is 87.4 cm³/mol. The number of benzene rings is 1. The monoisotopic (exact) mass is 317 g/mol. The fourth-order valence-electron chi connectivity index (χ4n) is 2.13. The molecule has 116 valence electrons. The van der Waals surface area contributed by atoms with E-state index in [1.54, 1.807) is 17.0 Å². The van der Waals surface area contributed by atoms with Crippen molar-refractivity contribution in [3.8, 4) is 0 Å². The molecule has 0 spiro atoms. The van der Waals surface area contributed by atoms with Crippen LogP contribution in [0, 0.1) is 0 Å². The topological polar surface area (TPSA) is 46.6 Å². The van der Waals surface area contributed by atoms with Gasteiger partial charge in [-0.05, 0) is 31.0 Å². The summed E-state index contributed by atoms with van der Waals surface area (Å²) < 4.78 is 4.67. The third-order valence-electron chi connectivity index (χ3n) is 3.39. The van der Waals surface area contributed by atoms with E-state index in [4.69, 9.17) is 0 Å². The second-order valence-corrected chi connectivity index (χ2v) is 5.86. The molecule has 1 aromatic carbocycles. The Bertz CT molecular complexity index is 636. The predicted octanol–water partition coefficient (Wildman–Crippen LogP) is 3.24. The number of likely N-dealkylation sites (N-methyl/N-ethyl adjacent to an activating group) is 1. The van der Waals surface area contributed by atoms with Crippen LogP contribution in [0.3, 0.4) is 0 Å². The van der Waals surface area contributed by atoms with Gasteiger partial charge in [0.05, 0.1) is 12.0 Å². The maximum absolute atomic E-state index is 12.5. The molecule has 2 aromatic rings. The van der Waals surface area contributed by atoms with Gasteiger partial charge in [0, 0.05) is 13.1 Å². The molecule has 0 aliphatic heterocycles. The van der Waals surface area contributed by atoms with E-state index >= 15 is 0 Å². The quantitative estimate of drug-likeness (QED) is 0.768. The van der Waals surface area contributed by atoms with Crippen molar-refractivity contribution in [2.45, 2.75) is 13.3 Å². The van der Waals surface area contributed by atoms with Gasteiger partial charge in [0.15, 0.2) is 0 Å². The van der Waals surface area contributed by atoms with E-state index in [-0.39, 0.29) is 5.91 Å². The zero-order valence-corrected chi connectivity index (χ0v) is 13.6. The highest BCUT2D eigenvalue weighted by atomic mass is 32.1. The molecule has 2 rings (SSSR count). The van der Waals surface area contributed by atoms with E-state index in [0.29, 0.717) is 22.8 Å². The molecular formula is C17H19NO3S. The molecule has 5 heteroatoms. The fourth-order valence-corrected chi connectivity index (χ4v) is 3.02. The number of carbonyl (C=O) groups is 2. The van der Waals surface area contributed by atoms with E-state index in [9.17, 15) is 9.59 Å². The summed E-state index contributed by atoms with van der Waals surface area (Å²) in [6.45, 7) is 3.25. The molecule has 22 heavy (non-hydrogen) atoms. The molecule has 4 nitrogen and oxygen atoms in total. The molecule has 0 unspecified atom stereocenters. The Hall–Kier alpha value is -2.14. The first-order chi connectivity index (χ1) is 10.7. The molecule has 0 radical (unpaired) electrons. The Labute approximate surface area is 134 Å². The first-order valence-corrected chi connectivity index (χ1v) is 7.98. The molecule has 0 fully saturated rings. The normalized spacial score (nSPS) is 10.3. The Morgan fingerprint density at radius 1 is 1.09 bits per heavy atom. The molecule has 0 saturated heterocycles. The number of thiophene rings is 1. The molecule has 0 bridgehead atoms. The van der Waals surface area contributed by atoms with E-state index in [0.717, 1.165) is 6.42 Å². The van der Waals surface area contributed by atoms with Crippen LogP contribution in [0.4, 0.5) is 0 Å². The van der Waals surface area contributed by atoms with Gasteiger partial charge in [0.2, 0.25) is 0 Å². The van der Waals surface area contributed by atoms with Crippen molar-refractivity contribution in [1.29, 1.82) is 0 Å². The van der Waals surface area contributed by atoms with Crippen molar-refractivity contribution in [3.05, 3.63) is 57.8 Å². The van der Waals surface area contributed by atoms with Gasteiger partial charge in [-0.3, -0.25) is 4.79 Å². The number of ether oxygens (including phenoxy) is 1. The van der Waals surface area contributed by atoms with Gasteiger partial charge in [-0.2, -0.15) is 0 Å². The minimum atomic E-state index is -0.406. The van der Waals surface area contributed by atoms with Crippen molar-refractivity contribution >= 4 is 23.2 Å². The SMILES string of the molecule is CCN(CCc1ccccc1)C(=O)c1ccc(C(=O)OC)s1. The lowest BCUT2D eigenvalue weighted by Crippen LogP contribution is -2.32. The lowest BCUT2D eigenvalue weighted by atomic mass is 10.1. The first kappa shape index (κ1) is 16.2. The molecule has 1 heterocycles. The number of methoxy groups -OCH3 is 1. The number of esters is 1. The summed E-state index contributed by atoms with van der Waals surface area (Å²) in [7, 11) is 1.34. The summed E-state index contributed by atoms with van der Waals surface area (Å²) >= 11 is 1.17. The van der Waals surface area contributed by atoms with Crippen LogP contribution in [0.15, 0.2) is 42.5 Å². The highest BCUT2D eigenvalue weighted by Crippen LogP contribution is 2.19. The lowest BCUT2D eigenvalue weighted by Gasteiger charge is -2.20. The second kappa shape index (κ2) is 7.75. The highest BCUT2D eigenvalue weighted by Gasteiger charge is 2.18. The van der Waals surface area contributed by atoms with Gasteiger partial charge in [0.1, 0.15) is 4.88 Å². The van der Waals surface area contributed by atoms with Gasteiger partial charge >= 0.3 is 5.97 Å². The minimum absolute atomic E-state index is 0.0430. The average molecular weight is 317 g/mol. The molecule has 0 aliphatic rings. The smallest absolute Gasteiger partial charge is 0.348 e. The van der Waals surface area contributed by atoms with Crippen molar-refractivity contribution in [3.63, 3.8) is 0 Å². The lowest BCUT2D eigenvalue weighted by molar-refractivity contribution is 0.0606. The van der Waals surface area contributed by atoms with Crippen LogP contribution in [0.25, 0.3) is 0 Å². The second-order valence-electron chi connectivity index (χ2n) is 4.78. The Kier molecular flexibility index (Phi) is 5.72. The number of nitrogens with zero attached hydrogens (tertiary/aromatic N) is 1. The largest absolute Gasteiger partial charge is 0.465 e. The summed E-state index contributed by atoms with van der Waals surface area (Å²) in [5.74, 6) is -0.449. The average Bonchev–Trinajstić information content (AvgIpc) is 3.05. The van der Waals surface area contributed by atoms with Crippen LogP contribution in [0.1, 0.15) is 31.8 Å². The van der Waals surface area contributed by atoms with Crippen molar-refractivity contribution in [2.24, 2.45) is 0 Å². The summed E-state index contributed by atoms with van der Waals surface area (Å²) in [5, 5.41) is 0. The third-order valence-corrected chi connectivity index (χ3v) is 4.44. The van der Waals surface area contributed by atoms with Crippen molar-refractivity contribution in [1.82, 2.24) is 4.90 Å². The van der Waals surface area contributed by atoms with Crippen LogP contribution in [-0.4, -0.2) is 37.0 Å². The summed E-state index contributed by atoms with van der Waals surface area (Å²) in [6, 6.07) is 13.4. The minimum Gasteiger partial charge on any atom is -0.465 e. The molecule has 0 saturated carbocycles. The number of hydrogen-bond donors (Lipinski definition) is 0. The van der Waals surface area contributed by atoms with E-state index in [1.165, 1.54) is 24.0 Å². The highest BCUT2D eigenvalue weighted by molar-refractivity contribution is 7.15. The summed E-state index contributed by atoms with van der Waals surface area (Å²) in [6.07, 6.45) is 0.815. The van der Waals surface area contributed by atoms with Crippen molar-refractivity contribution in [2.75, 3.05) is 20.2 Å². The van der Waals surface area contributed by atoms with Gasteiger partial charge in [-0.15, -0.1) is 11.3 Å². The number of amides is 1. The summed E-state index contributed by atoms with van der Waals surface area (Å²) in [4.78, 5) is 26.8. The van der Waals surface area contributed by atoms with Gasteiger partial charge < -0.3 is 9.64 Å². The third kappa shape index (κ3) is 3.95. The molecular weight excluding hydrogens is 298 g/mol. The molecule has 1 aromatic heterocycles. The Balaban J connectivity index is 2.02. The maximum atomic E-state index is 12.5. The van der Waals surface area contributed by atoms with Crippen LogP contribution in [0.2, 0.25) is 0 Å². The standard InChI is InChI=1S/C17H19NO3S/c1-3-18(12-11-13-7-5-4-6-8-13)16(19)14-9-10-15(22-14)17(20)21-2/h4-10H,3,11-12H2,1-2H3. The van der Waals surface area contributed by atoms with Crippen LogP contribution >= 0.6 is 11.3 Å². The fraction of sp³-hybridized carbons (Fsp3) is 0.294. The zero-order chi connectivity index (χ0) is 15.9. The van der Waals surface area contributed by atoms with E-state index < -0.39 is 5.97 Å². The number of rotatable bonds is 6. The molecule has 0 aliphatic carbocycles. The van der Waals surface area contributed by atoms with Crippen molar-refractivity contribution < 1.29 is 14.3 Å². The van der Waals surface area contributed by atoms with E-state index in [1.807, 2.05) is 25.1 Å². The number of hydrogen-bond acceptors (Lipinski definition) is 4. The van der Waals surface area contributed by atoms with Crippen LogP contribution < -0.4 is 0 Å². The van der Waals surface area contributed by atoms with Gasteiger partial charge in [-0.1, -0.05) is 30.3 Å². The van der Waals surface area contributed by atoms with Gasteiger partial charge in [-0.25, -0.2) is 4.79 Å². The maximum Gasteiger partial charge on any atom is 0.348 e. The van der Waals surface area contributed by atoms with Gasteiger partial charge in [0.25, 0.3) is 5.91 Å². The molecule has 1 amide bonds. The summed E-state index contributed by atoms with van der Waals surface area (Å²) in [5.41, 5.74) is 1.20. The van der Waals surface area contributed by atoms with E-state index in [2.05, 4.69) is 16.9 Å². The Morgan fingerprint density at radius 3 is 2.41 bits per heavy atom. The molecule has 0 N–H and O–H groups in total.